The predicted molar refractivity (Wildman–Crippen MR) is 140 cm³/mol. The van der Waals surface area contributed by atoms with Gasteiger partial charge in [-0.1, -0.05) is 30.3 Å². The van der Waals surface area contributed by atoms with Crippen molar-refractivity contribution in [1.82, 2.24) is 19.9 Å². The summed E-state index contributed by atoms with van der Waals surface area (Å²) in [5, 5.41) is 4.33. The second-order valence-electron chi connectivity index (χ2n) is 7.91. The van der Waals surface area contributed by atoms with Crippen LogP contribution in [-0.2, 0) is 0 Å². The number of hydrogen-bond donors (Lipinski definition) is 2. The fourth-order valence-corrected chi connectivity index (χ4v) is 3.66. The summed E-state index contributed by atoms with van der Waals surface area (Å²) in [5.74, 6) is 0.851. The number of H-pyrrole nitrogens is 1. The molecule has 3 heterocycles. The highest BCUT2D eigenvalue weighted by Crippen LogP contribution is 2.34. The molecule has 176 valence electrons. The third-order valence-corrected chi connectivity index (χ3v) is 5.37. The van der Waals surface area contributed by atoms with Crippen molar-refractivity contribution in [2.45, 2.75) is 0 Å². The maximum Gasteiger partial charge on any atom is 0.255 e. The highest BCUT2D eigenvalue weighted by atomic mass is 16.5. The van der Waals surface area contributed by atoms with Crippen LogP contribution in [0.4, 0.5) is 11.4 Å². The van der Waals surface area contributed by atoms with E-state index in [1.165, 1.54) is 0 Å². The van der Waals surface area contributed by atoms with Crippen LogP contribution in [-0.4, -0.2) is 47.0 Å². The minimum Gasteiger partial charge on any atom is -0.496 e. The Hall–Kier alpha value is -4.65. The average molecular weight is 466 g/mol. The van der Waals surface area contributed by atoms with Crippen molar-refractivity contribution < 1.29 is 9.53 Å². The Morgan fingerprint density at radius 1 is 0.886 bits per heavy atom. The van der Waals surface area contributed by atoms with E-state index in [0.717, 1.165) is 39.3 Å². The zero-order valence-electron chi connectivity index (χ0n) is 19.9. The molecule has 0 bridgehead atoms. The van der Waals surface area contributed by atoms with Crippen LogP contribution >= 0.6 is 0 Å². The van der Waals surface area contributed by atoms with Crippen LogP contribution in [0, 0.1) is 0 Å². The number of para-hydroxylation sites is 2. The molecule has 0 aliphatic heterocycles. The molecule has 2 aromatic carbocycles. The average Bonchev–Trinajstić information content (AvgIpc) is 3.33. The molecule has 0 fully saturated rings. The van der Waals surface area contributed by atoms with Crippen LogP contribution < -0.4 is 10.1 Å². The molecule has 0 radical (unpaired) electrons. The van der Waals surface area contributed by atoms with E-state index in [1.54, 1.807) is 44.7 Å². The van der Waals surface area contributed by atoms with Gasteiger partial charge in [0.05, 0.1) is 18.4 Å². The molecular weight excluding hydrogens is 438 g/mol. The third kappa shape index (κ3) is 5.47. The van der Waals surface area contributed by atoms with Gasteiger partial charge in [-0.3, -0.25) is 9.78 Å². The second kappa shape index (κ2) is 11.0. The Morgan fingerprint density at radius 3 is 2.40 bits per heavy atom. The van der Waals surface area contributed by atoms with Gasteiger partial charge in [-0.25, -0.2) is 4.98 Å². The van der Waals surface area contributed by atoms with E-state index in [4.69, 9.17) is 4.74 Å². The van der Waals surface area contributed by atoms with Crippen LogP contribution in [0.25, 0.3) is 22.2 Å². The summed E-state index contributed by atoms with van der Waals surface area (Å²) in [7, 11) is 5.17. The largest absolute Gasteiger partial charge is 0.496 e. The number of hydrogen-bond acceptors (Lipinski definition) is 5. The number of anilines is 2. The van der Waals surface area contributed by atoms with Gasteiger partial charge < -0.3 is 19.9 Å². The molecule has 0 saturated heterocycles. The smallest absolute Gasteiger partial charge is 0.255 e. The number of rotatable bonds is 5. The van der Waals surface area contributed by atoms with E-state index in [2.05, 4.69) is 32.4 Å². The lowest BCUT2D eigenvalue weighted by molar-refractivity contribution is 0.0828. The fourth-order valence-electron chi connectivity index (χ4n) is 3.66. The number of methoxy groups -OCH3 is 1. The summed E-state index contributed by atoms with van der Waals surface area (Å²) < 4.78 is 5.38. The summed E-state index contributed by atoms with van der Waals surface area (Å²) in [6.07, 6.45) is 7.16. The van der Waals surface area contributed by atoms with Crippen molar-refractivity contribution in [3.8, 4) is 16.9 Å². The first-order valence-corrected chi connectivity index (χ1v) is 11.1. The van der Waals surface area contributed by atoms with Gasteiger partial charge in [0.25, 0.3) is 5.91 Å². The molecule has 5 aromatic rings. The molecule has 0 unspecified atom stereocenters. The zero-order chi connectivity index (χ0) is 24.6. The lowest BCUT2D eigenvalue weighted by atomic mass is 10.1. The first kappa shape index (κ1) is 23.5. The number of fused-ring (bicyclic) bond motifs is 1. The Labute approximate surface area is 204 Å². The Morgan fingerprint density at radius 2 is 1.63 bits per heavy atom. The van der Waals surface area contributed by atoms with Gasteiger partial charge in [0.1, 0.15) is 11.4 Å². The number of benzene rings is 2. The van der Waals surface area contributed by atoms with Gasteiger partial charge in [0, 0.05) is 61.1 Å². The molecule has 0 aliphatic carbocycles. The predicted octanol–water partition coefficient (Wildman–Crippen LogP) is 5.77. The molecule has 0 aliphatic rings. The number of carbonyl (C=O) groups is 1. The van der Waals surface area contributed by atoms with E-state index in [-0.39, 0.29) is 5.91 Å². The normalized spacial score (nSPS) is 10.3. The second-order valence-corrected chi connectivity index (χ2v) is 7.91. The minimum atomic E-state index is -0.0212. The molecule has 0 saturated carbocycles. The van der Waals surface area contributed by atoms with Crippen molar-refractivity contribution in [3.05, 3.63) is 103 Å². The standard InChI is InChI=1S/C14H15N3O.C14H12N2O/c1-17(2)14(18)12-5-3-4-6-13(12)16-11-7-9-15-10-8-11;1-17-13-7-3-2-5-10(13)12-9-16-14-11(12)6-4-8-15-14/h3-10H,1-2H3,(H,15,16);2-9H,1H3,(H,15,16). The third-order valence-electron chi connectivity index (χ3n) is 5.37. The van der Waals surface area contributed by atoms with Crippen LogP contribution in [0.1, 0.15) is 10.4 Å². The van der Waals surface area contributed by atoms with E-state index in [9.17, 15) is 4.79 Å². The Bertz CT molecular complexity index is 1410. The summed E-state index contributed by atoms with van der Waals surface area (Å²) in [4.78, 5) is 25.0. The monoisotopic (exact) mass is 465 g/mol. The molecule has 7 nitrogen and oxygen atoms in total. The number of aromatic amines is 1. The number of aromatic nitrogens is 3. The van der Waals surface area contributed by atoms with E-state index in [1.807, 2.05) is 66.9 Å². The van der Waals surface area contributed by atoms with Gasteiger partial charge in [-0.2, -0.15) is 0 Å². The topological polar surface area (TPSA) is 83.1 Å². The summed E-state index contributed by atoms with van der Waals surface area (Å²) in [5.41, 5.74) is 5.44. The SMILES string of the molecule is CN(C)C(=O)c1ccccc1Nc1ccncc1.COc1ccccc1-c1c[nH]c2ncccc12. The molecule has 7 heteroatoms. The number of pyridine rings is 2. The number of ether oxygens (including phenoxy) is 1. The van der Waals surface area contributed by atoms with Crippen LogP contribution in [0.15, 0.2) is 97.6 Å². The van der Waals surface area contributed by atoms with Crippen molar-refractivity contribution in [2.24, 2.45) is 0 Å². The maximum absolute atomic E-state index is 12.0. The van der Waals surface area contributed by atoms with Crippen LogP contribution in [0.3, 0.4) is 0 Å². The van der Waals surface area contributed by atoms with Crippen molar-refractivity contribution in [3.63, 3.8) is 0 Å². The van der Waals surface area contributed by atoms with Crippen molar-refractivity contribution in [2.75, 3.05) is 26.5 Å². The molecule has 3 aromatic heterocycles. The van der Waals surface area contributed by atoms with Crippen LogP contribution in [0.2, 0.25) is 0 Å². The summed E-state index contributed by atoms with van der Waals surface area (Å²) in [6.45, 7) is 0. The maximum atomic E-state index is 12.0. The molecule has 1 amide bonds. The van der Waals surface area contributed by atoms with Gasteiger partial charge >= 0.3 is 0 Å². The van der Waals surface area contributed by atoms with E-state index in [0.29, 0.717) is 5.56 Å². The lowest BCUT2D eigenvalue weighted by Crippen LogP contribution is -2.22. The number of nitrogens with zero attached hydrogens (tertiary/aromatic N) is 3. The first-order chi connectivity index (χ1) is 17.1. The Kier molecular flexibility index (Phi) is 7.37. The van der Waals surface area contributed by atoms with Gasteiger partial charge in [-0.05, 0) is 42.5 Å². The fraction of sp³-hybridized carbons (Fsp3) is 0.107. The van der Waals surface area contributed by atoms with Crippen molar-refractivity contribution >= 4 is 28.3 Å². The van der Waals surface area contributed by atoms with E-state index < -0.39 is 0 Å². The van der Waals surface area contributed by atoms with Crippen molar-refractivity contribution in [1.29, 1.82) is 0 Å². The first-order valence-electron chi connectivity index (χ1n) is 11.1. The number of nitrogens with one attached hydrogen (secondary N) is 2. The molecule has 0 atom stereocenters. The van der Waals surface area contributed by atoms with Gasteiger partial charge in [0.15, 0.2) is 0 Å². The summed E-state index contributed by atoms with van der Waals surface area (Å²) in [6, 6.07) is 23.2. The molecule has 0 spiro atoms. The Balaban J connectivity index is 0.000000165. The van der Waals surface area contributed by atoms with Gasteiger partial charge in [-0.15, -0.1) is 0 Å². The molecule has 35 heavy (non-hydrogen) atoms. The number of carbonyl (C=O) groups excluding carboxylic acids is 1. The highest BCUT2D eigenvalue weighted by molar-refractivity contribution is 6.00. The lowest BCUT2D eigenvalue weighted by Gasteiger charge is -2.15. The molecule has 2 N–H and O–H groups in total. The minimum absolute atomic E-state index is 0.0212. The molecule has 5 rings (SSSR count). The number of amides is 1. The summed E-state index contributed by atoms with van der Waals surface area (Å²) >= 11 is 0. The van der Waals surface area contributed by atoms with Gasteiger partial charge in [0.2, 0.25) is 0 Å². The zero-order valence-corrected chi connectivity index (χ0v) is 19.9. The van der Waals surface area contributed by atoms with E-state index >= 15 is 0 Å². The molecular formula is C28H27N5O2. The highest BCUT2D eigenvalue weighted by Gasteiger charge is 2.12. The van der Waals surface area contributed by atoms with Crippen LogP contribution in [0.5, 0.6) is 5.75 Å². The quantitative estimate of drug-likeness (QED) is 0.345.